The van der Waals surface area contributed by atoms with Gasteiger partial charge in [0.05, 0.1) is 22.2 Å². The monoisotopic (exact) mass is 225 g/mol. The molecule has 0 aromatic heterocycles. The third-order valence-electron chi connectivity index (χ3n) is 3.01. The molecule has 1 aliphatic heterocycles. The lowest BCUT2D eigenvalue weighted by atomic mass is 10.3. The van der Waals surface area contributed by atoms with Crippen LogP contribution in [-0.4, -0.2) is 5.66 Å². The number of allylic oxidation sites excluding steroid dienone is 2. The van der Waals surface area contributed by atoms with E-state index in [9.17, 15) is 0 Å². The van der Waals surface area contributed by atoms with Crippen molar-refractivity contribution in [2.24, 2.45) is 0 Å². The molecule has 1 heterocycles. The van der Waals surface area contributed by atoms with Gasteiger partial charge >= 0.3 is 0 Å². The Balaban J connectivity index is 2.46. The highest BCUT2D eigenvalue weighted by Crippen LogP contribution is 2.76. The van der Waals surface area contributed by atoms with Gasteiger partial charge < -0.3 is 0 Å². The highest BCUT2D eigenvalue weighted by Gasteiger charge is 2.50. The van der Waals surface area contributed by atoms with Gasteiger partial charge in [-0.3, -0.25) is 0 Å². The first-order valence-corrected chi connectivity index (χ1v) is 7.73. The summed E-state index contributed by atoms with van der Waals surface area (Å²) in [4.78, 5) is 0. The minimum atomic E-state index is -1.52. The summed E-state index contributed by atoms with van der Waals surface area (Å²) in [5, 5.41) is 2.73. The van der Waals surface area contributed by atoms with E-state index in [4.69, 9.17) is 11.2 Å². The number of hydrogen-bond donors (Lipinski definition) is 0. The summed E-state index contributed by atoms with van der Waals surface area (Å²) in [5.41, 5.74) is 0.603. The third kappa shape index (κ3) is 1.42. The normalized spacial score (nSPS) is 31.6. The first kappa shape index (κ1) is 10.2. The Kier molecular flexibility index (Phi) is 2.68. The van der Waals surface area contributed by atoms with E-state index in [1.165, 1.54) is 10.6 Å². The second kappa shape index (κ2) is 3.68. The van der Waals surface area contributed by atoms with E-state index in [2.05, 4.69) is 44.2 Å². The lowest BCUT2D eigenvalue weighted by Gasteiger charge is -2.19. The largest absolute Gasteiger partial charge is 0.176 e. The van der Waals surface area contributed by atoms with E-state index in [-0.39, 0.29) is 0 Å². The molecule has 14 heavy (non-hydrogen) atoms. The Bertz CT molecular complexity index is 358. The predicted molar refractivity (Wildman–Crippen MR) is 66.7 cm³/mol. The molecule has 0 saturated heterocycles. The van der Waals surface area contributed by atoms with Crippen LogP contribution in [0.25, 0.3) is 0 Å². The molecule has 0 radical (unpaired) electrons. The van der Waals surface area contributed by atoms with Crippen LogP contribution in [0.4, 0.5) is 0 Å². The number of benzene rings is 1. The molecule has 0 saturated carbocycles. The molecule has 74 valence electrons. The summed E-state index contributed by atoms with van der Waals surface area (Å²) in [5.74, 6) is 0. The van der Waals surface area contributed by atoms with Crippen LogP contribution in [0.3, 0.4) is 0 Å². The predicted octanol–water partition coefficient (Wildman–Crippen LogP) is 4.18. The Labute approximate surface area is 91.1 Å². The van der Waals surface area contributed by atoms with Crippen molar-refractivity contribution in [1.82, 2.24) is 0 Å². The molecule has 0 spiro atoms. The zero-order valence-corrected chi connectivity index (χ0v) is 10.2. The number of rotatable bonds is 1. The lowest BCUT2D eigenvalue weighted by molar-refractivity contribution is 0.988. The summed E-state index contributed by atoms with van der Waals surface area (Å²) in [6.07, 6.45) is 3.44. The highest BCUT2D eigenvalue weighted by molar-refractivity contribution is 8.08. The van der Waals surface area contributed by atoms with Gasteiger partial charge in [0.25, 0.3) is 0 Å². The zero-order valence-electron chi connectivity index (χ0n) is 8.57. The average molecular weight is 226 g/mol. The second-order valence-corrected chi connectivity index (χ2v) is 8.88. The third-order valence-corrected chi connectivity index (χ3v) is 9.08. The molecule has 0 amide bonds. The molecule has 1 aromatic carbocycles. The van der Waals surface area contributed by atoms with Gasteiger partial charge in [-0.05, 0) is 32.1 Å². The Morgan fingerprint density at radius 3 is 2.43 bits per heavy atom. The number of hydrogen-bond acceptors (Lipinski definition) is 0. The van der Waals surface area contributed by atoms with E-state index < -0.39 is 6.62 Å². The Hall–Kier alpha value is -0.320. The van der Waals surface area contributed by atoms with Crippen molar-refractivity contribution >= 4 is 23.2 Å². The quantitative estimate of drug-likeness (QED) is 0.629. The molecular weight excluding hydrogens is 211 g/mol. The minimum Gasteiger partial charge on any atom is -0.0620 e. The molecule has 2 atom stereocenters. The van der Waals surface area contributed by atoms with Crippen molar-refractivity contribution in [3.63, 3.8) is 0 Å². The maximum atomic E-state index is 6.84. The minimum absolute atomic E-state index is 0.603. The maximum absolute atomic E-state index is 6.84. The molecule has 2 heteroatoms. The van der Waals surface area contributed by atoms with Gasteiger partial charge in [0.1, 0.15) is 5.30 Å². The van der Waals surface area contributed by atoms with Crippen LogP contribution < -0.4 is 5.30 Å². The van der Waals surface area contributed by atoms with Crippen molar-refractivity contribution in [2.75, 3.05) is 0 Å². The standard InChI is InChI=1S/C12H15ClP/c1-10-8-9-11(2)14(10,13)12-6-4-3-5-7-12/h3-8,11H,9H2,1-2H3/q+1. The molecule has 0 bridgehead atoms. The summed E-state index contributed by atoms with van der Waals surface area (Å²) < 4.78 is 0. The van der Waals surface area contributed by atoms with Gasteiger partial charge in [-0.2, -0.15) is 0 Å². The van der Waals surface area contributed by atoms with Gasteiger partial charge in [0.15, 0.2) is 6.62 Å². The van der Waals surface area contributed by atoms with Crippen molar-refractivity contribution < 1.29 is 0 Å². The summed E-state index contributed by atoms with van der Waals surface area (Å²) in [6, 6.07) is 10.5. The van der Waals surface area contributed by atoms with E-state index in [1.54, 1.807) is 0 Å². The molecule has 0 N–H and O–H groups in total. The van der Waals surface area contributed by atoms with Crippen LogP contribution in [0.2, 0.25) is 0 Å². The van der Waals surface area contributed by atoms with Crippen molar-refractivity contribution in [2.45, 2.75) is 25.9 Å². The topological polar surface area (TPSA) is 0 Å². The summed E-state index contributed by atoms with van der Waals surface area (Å²) in [7, 11) is 0. The molecule has 0 fully saturated rings. The second-order valence-electron chi connectivity index (χ2n) is 3.90. The first-order valence-electron chi connectivity index (χ1n) is 4.97. The van der Waals surface area contributed by atoms with Gasteiger partial charge in [0.2, 0.25) is 0 Å². The Morgan fingerprint density at radius 2 is 1.93 bits per heavy atom. The highest BCUT2D eigenvalue weighted by atomic mass is 35.7. The fourth-order valence-electron chi connectivity index (χ4n) is 2.07. The van der Waals surface area contributed by atoms with Crippen LogP contribution in [0, 0.1) is 0 Å². The van der Waals surface area contributed by atoms with Crippen molar-refractivity contribution in [1.29, 1.82) is 0 Å². The van der Waals surface area contributed by atoms with Crippen LogP contribution in [-0.2, 0) is 0 Å². The smallest absolute Gasteiger partial charge is 0.0620 e. The van der Waals surface area contributed by atoms with Crippen LogP contribution in [0.5, 0.6) is 0 Å². The fraction of sp³-hybridized carbons (Fsp3) is 0.333. The van der Waals surface area contributed by atoms with E-state index in [1.807, 2.05) is 6.07 Å². The first-order chi connectivity index (χ1) is 6.65. The van der Waals surface area contributed by atoms with Crippen molar-refractivity contribution in [3.05, 3.63) is 41.7 Å². The van der Waals surface area contributed by atoms with Gasteiger partial charge in [-0.1, -0.05) is 18.2 Å². The van der Waals surface area contributed by atoms with Gasteiger partial charge in [-0.15, -0.1) is 0 Å². The van der Waals surface area contributed by atoms with E-state index in [0.29, 0.717) is 5.66 Å². The fourth-order valence-corrected chi connectivity index (χ4v) is 5.84. The Morgan fingerprint density at radius 1 is 1.29 bits per heavy atom. The summed E-state index contributed by atoms with van der Waals surface area (Å²) >= 11 is 6.84. The molecule has 2 unspecified atom stereocenters. The molecule has 0 aliphatic carbocycles. The van der Waals surface area contributed by atoms with Crippen molar-refractivity contribution in [3.8, 4) is 0 Å². The molecule has 2 rings (SSSR count). The molecule has 1 aliphatic rings. The molecule has 0 nitrogen and oxygen atoms in total. The maximum Gasteiger partial charge on any atom is 0.176 e. The zero-order chi connectivity index (χ0) is 10.2. The molecule has 1 aromatic rings. The van der Waals surface area contributed by atoms with Crippen LogP contribution in [0.15, 0.2) is 41.7 Å². The van der Waals surface area contributed by atoms with Crippen LogP contribution >= 0.6 is 17.9 Å². The summed E-state index contributed by atoms with van der Waals surface area (Å²) in [6.45, 7) is 2.92. The van der Waals surface area contributed by atoms with E-state index >= 15 is 0 Å². The van der Waals surface area contributed by atoms with E-state index in [0.717, 1.165) is 6.42 Å². The number of halogens is 1. The lowest BCUT2D eigenvalue weighted by Crippen LogP contribution is -2.13. The average Bonchev–Trinajstić information content (AvgIpc) is 2.49. The van der Waals surface area contributed by atoms with Gasteiger partial charge in [0, 0.05) is 6.42 Å². The van der Waals surface area contributed by atoms with Gasteiger partial charge in [-0.25, -0.2) is 0 Å². The molecular formula is C12H15ClP+. The van der Waals surface area contributed by atoms with Crippen LogP contribution in [0.1, 0.15) is 20.3 Å². The SMILES string of the molecule is CC1=CCC(C)[P+]1(Cl)c1ccccc1.